The van der Waals surface area contributed by atoms with Gasteiger partial charge in [-0.3, -0.25) is 9.59 Å². The van der Waals surface area contributed by atoms with Crippen molar-refractivity contribution in [3.05, 3.63) is 23.8 Å². The molecule has 1 aromatic rings. The van der Waals surface area contributed by atoms with E-state index in [-0.39, 0.29) is 29.6 Å². The summed E-state index contributed by atoms with van der Waals surface area (Å²) in [4.78, 5) is 27.4. The van der Waals surface area contributed by atoms with Crippen molar-refractivity contribution < 1.29 is 23.8 Å². The fourth-order valence-corrected chi connectivity index (χ4v) is 3.84. The number of nitrogens with zero attached hydrogens (tertiary/aromatic N) is 1. The highest BCUT2D eigenvalue weighted by Crippen LogP contribution is 2.41. The number of nitrogens with one attached hydrogen (secondary N) is 1. The third kappa shape index (κ3) is 4.58. The summed E-state index contributed by atoms with van der Waals surface area (Å²) < 4.78 is 16.0. The Balaban J connectivity index is 1.82. The minimum Gasteiger partial charge on any atom is -0.497 e. The van der Waals surface area contributed by atoms with E-state index >= 15 is 0 Å². The zero-order valence-electron chi connectivity index (χ0n) is 16.9. The molecule has 2 atom stereocenters. The summed E-state index contributed by atoms with van der Waals surface area (Å²) in [5, 5.41) is 3.00. The van der Waals surface area contributed by atoms with Crippen LogP contribution in [0, 0.1) is 11.8 Å². The number of hydrogen-bond acceptors (Lipinski definition) is 5. The highest BCUT2D eigenvalue weighted by Gasteiger charge is 2.44. The molecule has 0 spiro atoms. The van der Waals surface area contributed by atoms with E-state index in [9.17, 15) is 9.59 Å². The number of benzene rings is 1. The van der Waals surface area contributed by atoms with Crippen LogP contribution in [0.2, 0.25) is 0 Å². The number of amides is 2. The van der Waals surface area contributed by atoms with Crippen molar-refractivity contribution in [2.75, 3.05) is 47.6 Å². The normalized spacial score (nSPS) is 21.5. The van der Waals surface area contributed by atoms with E-state index in [4.69, 9.17) is 14.2 Å². The molecular formula is C21H30N2O5. The second-order valence-corrected chi connectivity index (χ2v) is 7.48. The van der Waals surface area contributed by atoms with Crippen LogP contribution in [0.3, 0.4) is 0 Å². The van der Waals surface area contributed by atoms with Gasteiger partial charge in [0.2, 0.25) is 11.8 Å². The number of carbonyl (C=O) groups excluding carboxylic acids is 2. The van der Waals surface area contributed by atoms with Gasteiger partial charge in [-0.25, -0.2) is 0 Å². The van der Waals surface area contributed by atoms with Crippen molar-refractivity contribution >= 4 is 11.8 Å². The van der Waals surface area contributed by atoms with Crippen molar-refractivity contribution in [3.63, 3.8) is 0 Å². The summed E-state index contributed by atoms with van der Waals surface area (Å²) in [5.74, 6) is 1.25. The zero-order valence-corrected chi connectivity index (χ0v) is 16.9. The Morgan fingerprint density at radius 3 is 2.57 bits per heavy atom. The van der Waals surface area contributed by atoms with Crippen molar-refractivity contribution in [2.24, 2.45) is 11.8 Å². The first-order valence-corrected chi connectivity index (χ1v) is 9.86. The second kappa shape index (κ2) is 9.28. The van der Waals surface area contributed by atoms with E-state index < -0.39 is 0 Å². The molecule has 1 N–H and O–H groups in total. The molecule has 2 fully saturated rings. The number of rotatable bonds is 9. The van der Waals surface area contributed by atoms with Gasteiger partial charge in [-0.15, -0.1) is 0 Å². The summed E-state index contributed by atoms with van der Waals surface area (Å²) in [6.07, 6.45) is 2.67. The van der Waals surface area contributed by atoms with Crippen LogP contribution in [-0.2, 0) is 14.3 Å². The number of hydrogen-bond donors (Lipinski definition) is 1. The Kier molecular flexibility index (Phi) is 6.78. The molecule has 1 saturated carbocycles. The number of methoxy groups -OCH3 is 3. The van der Waals surface area contributed by atoms with Crippen LogP contribution in [0.4, 0.5) is 0 Å². The number of carbonyl (C=O) groups is 2. The fourth-order valence-electron chi connectivity index (χ4n) is 3.84. The lowest BCUT2D eigenvalue weighted by Crippen LogP contribution is -2.36. The highest BCUT2D eigenvalue weighted by molar-refractivity contribution is 5.85. The third-order valence-electron chi connectivity index (χ3n) is 5.56. The first kappa shape index (κ1) is 20.5. The maximum Gasteiger partial charge on any atom is 0.225 e. The van der Waals surface area contributed by atoms with Crippen LogP contribution in [0.15, 0.2) is 18.2 Å². The van der Waals surface area contributed by atoms with Crippen molar-refractivity contribution in [1.29, 1.82) is 0 Å². The summed E-state index contributed by atoms with van der Waals surface area (Å²) in [6.45, 7) is 2.12. The van der Waals surface area contributed by atoms with Gasteiger partial charge in [-0.05, 0) is 37.5 Å². The van der Waals surface area contributed by atoms with Gasteiger partial charge < -0.3 is 24.4 Å². The maximum absolute atomic E-state index is 12.9. The van der Waals surface area contributed by atoms with Crippen LogP contribution < -0.4 is 14.8 Å². The average molecular weight is 390 g/mol. The molecule has 2 amide bonds. The summed E-state index contributed by atoms with van der Waals surface area (Å²) in [6, 6.07) is 5.61. The molecule has 0 radical (unpaired) electrons. The van der Waals surface area contributed by atoms with Gasteiger partial charge >= 0.3 is 0 Å². The molecule has 0 bridgehead atoms. The van der Waals surface area contributed by atoms with E-state index in [1.807, 2.05) is 23.1 Å². The van der Waals surface area contributed by atoms with Gasteiger partial charge in [0.25, 0.3) is 0 Å². The van der Waals surface area contributed by atoms with Gasteiger partial charge in [-0.2, -0.15) is 0 Å². The lowest BCUT2D eigenvalue weighted by molar-refractivity contribution is -0.132. The lowest BCUT2D eigenvalue weighted by atomic mass is 9.87. The molecule has 2 aliphatic rings. The van der Waals surface area contributed by atoms with Gasteiger partial charge in [0.05, 0.1) is 20.1 Å². The van der Waals surface area contributed by atoms with E-state index in [1.165, 1.54) is 0 Å². The standard InChI is InChI=1S/C21H30N2O5/c1-26-10-4-9-22-20(24)18-13-23(21(25)14-5-6-14)12-17(18)16-11-15(27-2)7-8-19(16)28-3/h7-8,11,14,17-18H,4-6,9-10,12-13H2,1-3H3,(H,22,24)/t17-,18-/m0/s1. The van der Waals surface area contributed by atoms with E-state index in [0.29, 0.717) is 37.7 Å². The van der Waals surface area contributed by atoms with E-state index in [2.05, 4.69) is 5.32 Å². The SMILES string of the molecule is COCCCNC(=O)[C@H]1CN(C(=O)C2CC2)C[C@H]1c1cc(OC)ccc1OC. The molecule has 1 aromatic carbocycles. The predicted molar refractivity (Wildman–Crippen MR) is 105 cm³/mol. The quantitative estimate of drug-likeness (QED) is 0.651. The van der Waals surface area contributed by atoms with Crippen LogP contribution >= 0.6 is 0 Å². The molecule has 1 aliphatic carbocycles. The Morgan fingerprint density at radius 1 is 1.14 bits per heavy atom. The molecule has 154 valence electrons. The largest absolute Gasteiger partial charge is 0.497 e. The molecule has 1 heterocycles. The maximum atomic E-state index is 12.9. The third-order valence-corrected chi connectivity index (χ3v) is 5.56. The monoisotopic (exact) mass is 390 g/mol. The fraction of sp³-hybridized carbons (Fsp3) is 0.619. The molecule has 1 saturated heterocycles. The average Bonchev–Trinajstić information content (AvgIpc) is 3.48. The summed E-state index contributed by atoms with van der Waals surface area (Å²) in [5.41, 5.74) is 0.907. The Bertz CT molecular complexity index is 704. The zero-order chi connectivity index (χ0) is 20.1. The summed E-state index contributed by atoms with van der Waals surface area (Å²) >= 11 is 0. The molecule has 28 heavy (non-hydrogen) atoms. The van der Waals surface area contributed by atoms with Crippen LogP contribution in [0.5, 0.6) is 11.5 Å². The minimum atomic E-state index is -0.314. The molecule has 1 aliphatic heterocycles. The first-order valence-electron chi connectivity index (χ1n) is 9.86. The van der Waals surface area contributed by atoms with E-state index in [1.54, 1.807) is 21.3 Å². The van der Waals surface area contributed by atoms with Crippen molar-refractivity contribution in [2.45, 2.75) is 25.2 Å². The van der Waals surface area contributed by atoms with Crippen molar-refractivity contribution in [1.82, 2.24) is 10.2 Å². The molecule has 7 nitrogen and oxygen atoms in total. The van der Waals surface area contributed by atoms with Gasteiger partial charge in [0, 0.05) is 50.8 Å². The smallest absolute Gasteiger partial charge is 0.225 e. The van der Waals surface area contributed by atoms with Gasteiger partial charge in [-0.1, -0.05) is 0 Å². The predicted octanol–water partition coefficient (Wildman–Crippen LogP) is 1.81. The Morgan fingerprint density at radius 2 is 1.93 bits per heavy atom. The molecule has 0 unspecified atom stereocenters. The topological polar surface area (TPSA) is 77.1 Å². The second-order valence-electron chi connectivity index (χ2n) is 7.48. The van der Waals surface area contributed by atoms with Gasteiger partial charge in [0.15, 0.2) is 0 Å². The Hall–Kier alpha value is -2.28. The molecule has 3 rings (SSSR count). The molecule has 0 aromatic heterocycles. The van der Waals surface area contributed by atoms with E-state index in [0.717, 1.165) is 24.8 Å². The Labute approximate surface area is 166 Å². The lowest BCUT2D eigenvalue weighted by Gasteiger charge is -2.21. The van der Waals surface area contributed by atoms with Crippen LogP contribution in [0.1, 0.15) is 30.7 Å². The molecular weight excluding hydrogens is 360 g/mol. The number of likely N-dealkylation sites (tertiary alicyclic amines) is 1. The highest BCUT2D eigenvalue weighted by atomic mass is 16.5. The first-order chi connectivity index (χ1) is 13.6. The number of ether oxygens (including phenoxy) is 3. The van der Waals surface area contributed by atoms with Crippen LogP contribution in [-0.4, -0.2) is 64.3 Å². The van der Waals surface area contributed by atoms with Gasteiger partial charge in [0.1, 0.15) is 11.5 Å². The van der Waals surface area contributed by atoms with Crippen molar-refractivity contribution in [3.8, 4) is 11.5 Å². The molecule has 7 heteroatoms. The van der Waals surface area contributed by atoms with Crippen LogP contribution in [0.25, 0.3) is 0 Å². The minimum absolute atomic E-state index is 0.0305. The summed E-state index contributed by atoms with van der Waals surface area (Å²) in [7, 11) is 4.88.